The Bertz CT molecular complexity index is 265. The lowest BCUT2D eigenvalue weighted by atomic mass is 10.1. The molecule has 0 radical (unpaired) electrons. The number of allylic oxidation sites excluding steroid dienone is 5. The predicted molar refractivity (Wildman–Crippen MR) is 74.5 cm³/mol. The highest BCUT2D eigenvalue weighted by atomic mass is 14.5. The van der Waals surface area contributed by atoms with Gasteiger partial charge in [0.2, 0.25) is 0 Å². The zero-order valence-corrected chi connectivity index (χ0v) is 11.3. The van der Waals surface area contributed by atoms with Crippen molar-refractivity contribution in [3.63, 3.8) is 0 Å². The van der Waals surface area contributed by atoms with Crippen LogP contribution < -0.4 is 5.73 Å². The van der Waals surface area contributed by atoms with Gasteiger partial charge in [0.1, 0.15) is 0 Å². The minimum Gasteiger partial charge on any atom is -0.327 e. The Morgan fingerprint density at radius 1 is 0.812 bits per heavy atom. The summed E-state index contributed by atoms with van der Waals surface area (Å²) in [5, 5.41) is 0. The van der Waals surface area contributed by atoms with Crippen LogP contribution in [0.3, 0.4) is 0 Å². The molecule has 0 aliphatic rings. The van der Waals surface area contributed by atoms with Crippen LogP contribution in [0.2, 0.25) is 0 Å². The molecule has 1 nitrogen and oxygen atoms in total. The van der Waals surface area contributed by atoms with Crippen LogP contribution in [0.5, 0.6) is 0 Å². The van der Waals surface area contributed by atoms with E-state index in [-0.39, 0.29) is 0 Å². The van der Waals surface area contributed by atoms with Crippen molar-refractivity contribution in [3.8, 4) is 0 Å². The zero-order chi connectivity index (χ0) is 12.4. The second kappa shape index (κ2) is 9.41. The maximum atomic E-state index is 5.46. The molecular weight excluding hydrogens is 194 g/mol. The molecule has 16 heavy (non-hydrogen) atoms. The summed E-state index contributed by atoms with van der Waals surface area (Å²) in [5.74, 6) is 0. The molecule has 0 saturated carbocycles. The van der Waals surface area contributed by atoms with Gasteiger partial charge in [0.15, 0.2) is 0 Å². The summed E-state index contributed by atoms with van der Waals surface area (Å²) in [7, 11) is 0. The Morgan fingerprint density at radius 2 is 1.31 bits per heavy atom. The molecule has 0 amide bonds. The summed E-state index contributed by atoms with van der Waals surface area (Å²) >= 11 is 0. The van der Waals surface area contributed by atoms with E-state index in [0.717, 1.165) is 12.8 Å². The highest BCUT2D eigenvalue weighted by Gasteiger charge is 1.91. The summed E-state index contributed by atoms with van der Waals surface area (Å²) < 4.78 is 0. The van der Waals surface area contributed by atoms with E-state index >= 15 is 0 Å². The summed E-state index contributed by atoms with van der Waals surface area (Å²) in [5.41, 5.74) is 9.77. The highest BCUT2D eigenvalue weighted by Crippen LogP contribution is 2.10. The lowest BCUT2D eigenvalue weighted by molar-refractivity contribution is 0.914. The zero-order valence-electron chi connectivity index (χ0n) is 11.3. The van der Waals surface area contributed by atoms with Crippen molar-refractivity contribution in [3.05, 3.63) is 34.9 Å². The van der Waals surface area contributed by atoms with Gasteiger partial charge in [-0.2, -0.15) is 0 Å². The first-order valence-corrected chi connectivity index (χ1v) is 6.21. The first kappa shape index (κ1) is 15.2. The van der Waals surface area contributed by atoms with Crippen molar-refractivity contribution < 1.29 is 0 Å². The van der Waals surface area contributed by atoms with Gasteiger partial charge in [-0.1, -0.05) is 34.9 Å². The molecule has 0 aliphatic heterocycles. The molecule has 0 aromatic carbocycles. The fraction of sp³-hybridized carbons (Fsp3) is 0.600. The van der Waals surface area contributed by atoms with E-state index < -0.39 is 0 Å². The highest BCUT2D eigenvalue weighted by molar-refractivity contribution is 5.05. The standard InChI is InChI=1S/C15H27N/c1-13(2)7-5-8-14(3)9-6-10-15(4)11-12-16/h7,9,11H,5-6,8,10,12,16H2,1-4H3. The molecule has 0 saturated heterocycles. The molecule has 0 fully saturated rings. The molecule has 1 heteroatoms. The maximum Gasteiger partial charge on any atom is 0.0109 e. The van der Waals surface area contributed by atoms with Gasteiger partial charge in [-0.05, 0) is 53.4 Å². The monoisotopic (exact) mass is 221 g/mol. The summed E-state index contributed by atoms with van der Waals surface area (Å²) in [6, 6.07) is 0. The lowest BCUT2D eigenvalue weighted by Crippen LogP contribution is -1.94. The Morgan fingerprint density at radius 3 is 1.81 bits per heavy atom. The molecule has 0 aliphatic carbocycles. The van der Waals surface area contributed by atoms with E-state index in [0.29, 0.717) is 6.54 Å². The molecule has 0 unspecified atom stereocenters. The third-order valence-electron chi connectivity index (χ3n) is 2.59. The minimum absolute atomic E-state index is 0.662. The summed E-state index contributed by atoms with van der Waals surface area (Å²) in [6.45, 7) is 9.34. The van der Waals surface area contributed by atoms with Crippen LogP contribution in [-0.4, -0.2) is 6.54 Å². The molecular formula is C15H27N. The van der Waals surface area contributed by atoms with E-state index in [2.05, 4.69) is 45.9 Å². The van der Waals surface area contributed by atoms with Crippen LogP contribution >= 0.6 is 0 Å². The van der Waals surface area contributed by atoms with Crippen molar-refractivity contribution >= 4 is 0 Å². The third-order valence-corrected chi connectivity index (χ3v) is 2.59. The summed E-state index contributed by atoms with van der Waals surface area (Å²) in [6.07, 6.45) is 11.4. The van der Waals surface area contributed by atoms with Gasteiger partial charge < -0.3 is 5.73 Å². The predicted octanol–water partition coefficient (Wildman–Crippen LogP) is 4.36. The van der Waals surface area contributed by atoms with Crippen LogP contribution in [0, 0.1) is 0 Å². The van der Waals surface area contributed by atoms with Crippen LogP contribution in [0.1, 0.15) is 53.4 Å². The van der Waals surface area contributed by atoms with E-state index in [4.69, 9.17) is 5.73 Å². The van der Waals surface area contributed by atoms with E-state index in [9.17, 15) is 0 Å². The average Bonchev–Trinajstić information content (AvgIpc) is 2.17. The fourth-order valence-corrected chi connectivity index (χ4v) is 1.54. The quantitative estimate of drug-likeness (QED) is 0.635. The van der Waals surface area contributed by atoms with Crippen LogP contribution in [0.4, 0.5) is 0 Å². The summed E-state index contributed by atoms with van der Waals surface area (Å²) in [4.78, 5) is 0. The van der Waals surface area contributed by atoms with Crippen molar-refractivity contribution in [2.75, 3.05) is 6.54 Å². The molecule has 0 atom stereocenters. The van der Waals surface area contributed by atoms with Crippen molar-refractivity contribution in [1.29, 1.82) is 0 Å². The fourth-order valence-electron chi connectivity index (χ4n) is 1.54. The van der Waals surface area contributed by atoms with Gasteiger partial charge in [0, 0.05) is 6.54 Å². The van der Waals surface area contributed by atoms with E-state index in [1.165, 1.54) is 29.6 Å². The van der Waals surface area contributed by atoms with Gasteiger partial charge in [-0.15, -0.1) is 0 Å². The number of hydrogen-bond acceptors (Lipinski definition) is 1. The molecule has 0 spiro atoms. The minimum atomic E-state index is 0.662. The first-order chi connectivity index (χ1) is 7.56. The third kappa shape index (κ3) is 9.72. The average molecular weight is 221 g/mol. The molecule has 92 valence electrons. The molecule has 0 bridgehead atoms. The smallest absolute Gasteiger partial charge is 0.0109 e. The first-order valence-electron chi connectivity index (χ1n) is 6.21. The lowest BCUT2D eigenvalue weighted by Gasteiger charge is -2.00. The van der Waals surface area contributed by atoms with Gasteiger partial charge in [-0.3, -0.25) is 0 Å². The number of hydrogen-bond donors (Lipinski definition) is 1. The second-order valence-corrected chi connectivity index (χ2v) is 4.70. The Balaban J connectivity index is 3.79. The Labute approximate surface area is 101 Å². The topological polar surface area (TPSA) is 26.0 Å². The molecule has 0 aromatic rings. The van der Waals surface area contributed by atoms with E-state index in [1.54, 1.807) is 0 Å². The largest absolute Gasteiger partial charge is 0.327 e. The molecule has 0 aromatic heterocycles. The van der Waals surface area contributed by atoms with Crippen LogP contribution in [-0.2, 0) is 0 Å². The van der Waals surface area contributed by atoms with Gasteiger partial charge in [0.05, 0.1) is 0 Å². The van der Waals surface area contributed by atoms with Crippen molar-refractivity contribution in [2.24, 2.45) is 5.73 Å². The van der Waals surface area contributed by atoms with Gasteiger partial charge in [-0.25, -0.2) is 0 Å². The Hall–Kier alpha value is -0.820. The SMILES string of the molecule is CC(C)=CCCC(C)=CCCC(C)=CCN. The Kier molecular flexibility index (Phi) is 8.93. The van der Waals surface area contributed by atoms with E-state index in [1.807, 2.05) is 0 Å². The van der Waals surface area contributed by atoms with Crippen LogP contribution in [0.25, 0.3) is 0 Å². The molecule has 2 N–H and O–H groups in total. The number of rotatable bonds is 7. The number of nitrogens with two attached hydrogens (primary N) is 1. The molecule has 0 rings (SSSR count). The van der Waals surface area contributed by atoms with Crippen molar-refractivity contribution in [2.45, 2.75) is 53.4 Å². The van der Waals surface area contributed by atoms with Gasteiger partial charge >= 0.3 is 0 Å². The molecule has 0 heterocycles. The second-order valence-electron chi connectivity index (χ2n) is 4.70. The van der Waals surface area contributed by atoms with Gasteiger partial charge in [0.25, 0.3) is 0 Å². The van der Waals surface area contributed by atoms with Crippen LogP contribution in [0.15, 0.2) is 34.9 Å². The maximum absolute atomic E-state index is 5.46. The normalized spacial score (nSPS) is 12.8. The van der Waals surface area contributed by atoms with Crippen molar-refractivity contribution in [1.82, 2.24) is 0 Å².